The Balaban J connectivity index is 2.09. The summed E-state index contributed by atoms with van der Waals surface area (Å²) in [6.07, 6.45) is 1.59. The third-order valence-electron chi connectivity index (χ3n) is 3.49. The van der Waals surface area contributed by atoms with Gasteiger partial charge in [0.1, 0.15) is 5.82 Å². The Bertz CT molecular complexity index is 1050. The van der Waals surface area contributed by atoms with E-state index in [9.17, 15) is 19.3 Å². The summed E-state index contributed by atoms with van der Waals surface area (Å²) in [6.45, 7) is 3.95. The van der Waals surface area contributed by atoms with Crippen molar-refractivity contribution in [3.05, 3.63) is 81.4 Å². The zero-order valence-corrected chi connectivity index (χ0v) is 13.7. The lowest BCUT2D eigenvalue weighted by atomic mass is 10.2. The van der Waals surface area contributed by atoms with Gasteiger partial charge >= 0.3 is 0 Å². The molecule has 1 aromatic heterocycles. The minimum absolute atomic E-state index is 0.109. The van der Waals surface area contributed by atoms with Crippen molar-refractivity contribution in [1.29, 1.82) is 0 Å². The van der Waals surface area contributed by atoms with Gasteiger partial charge < -0.3 is 4.57 Å². The largest absolute Gasteiger partial charge is 0.310 e. The van der Waals surface area contributed by atoms with Crippen LogP contribution in [0.25, 0.3) is 10.2 Å². The molecule has 0 aliphatic heterocycles. The van der Waals surface area contributed by atoms with Crippen molar-refractivity contribution in [2.24, 2.45) is 4.99 Å². The van der Waals surface area contributed by atoms with Gasteiger partial charge in [-0.05, 0) is 24.3 Å². The number of benzene rings is 2. The van der Waals surface area contributed by atoms with Gasteiger partial charge in [-0.15, -0.1) is 6.58 Å². The van der Waals surface area contributed by atoms with Gasteiger partial charge in [-0.25, -0.2) is 4.39 Å². The molecule has 0 saturated carbocycles. The molecule has 1 amide bonds. The Morgan fingerprint density at radius 3 is 2.68 bits per heavy atom. The normalized spacial score (nSPS) is 11.6. The predicted molar refractivity (Wildman–Crippen MR) is 93.0 cm³/mol. The molecule has 2 aromatic carbocycles. The predicted octanol–water partition coefficient (Wildman–Crippen LogP) is 3.68. The number of hydrogen-bond donors (Lipinski definition) is 0. The number of carbonyl (C=O) groups excluding carboxylic acids is 1. The summed E-state index contributed by atoms with van der Waals surface area (Å²) in [4.78, 5) is 26.9. The van der Waals surface area contributed by atoms with Gasteiger partial charge in [0.05, 0.1) is 15.1 Å². The smallest absolute Gasteiger partial charge is 0.279 e. The molecule has 0 fully saturated rings. The van der Waals surface area contributed by atoms with Gasteiger partial charge in [0.15, 0.2) is 4.80 Å². The molecule has 0 spiro atoms. The van der Waals surface area contributed by atoms with E-state index in [-0.39, 0.29) is 11.3 Å². The monoisotopic (exact) mass is 357 g/mol. The third-order valence-corrected chi connectivity index (χ3v) is 4.53. The molecule has 0 saturated heterocycles. The molecule has 0 unspecified atom stereocenters. The number of halogens is 1. The van der Waals surface area contributed by atoms with E-state index < -0.39 is 16.6 Å². The number of non-ortho nitro benzene ring substituents is 1. The van der Waals surface area contributed by atoms with Gasteiger partial charge in [0, 0.05) is 24.2 Å². The fourth-order valence-corrected chi connectivity index (χ4v) is 3.40. The first-order valence-electron chi connectivity index (χ1n) is 7.23. The van der Waals surface area contributed by atoms with E-state index in [1.807, 2.05) is 0 Å². The molecule has 1 heterocycles. The van der Waals surface area contributed by atoms with Crippen LogP contribution in [-0.4, -0.2) is 15.4 Å². The average Bonchev–Trinajstić information content (AvgIpc) is 2.94. The van der Waals surface area contributed by atoms with Gasteiger partial charge in [0.25, 0.3) is 11.6 Å². The highest BCUT2D eigenvalue weighted by Crippen LogP contribution is 2.20. The number of carbonyl (C=O) groups is 1. The van der Waals surface area contributed by atoms with E-state index in [1.165, 1.54) is 41.7 Å². The third kappa shape index (κ3) is 3.24. The summed E-state index contributed by atoms with van der Waals surface area (Å²) in [6, 6.07) is 9.85. The maximum Gasteiger partial charge on any atom is 0.279 e. The number of thiazole rings is 1. The minimum atomic E-state index is -0.556. The first kappa shape index (κ1) is 16.7. The molecule has 8 heteroatoms. The van der Waals surface area contributed by atoms with E-state index in [0.29, 0.717) is 21.6 Å². The first-order valence-corrected chi connectivity index (χ1v) is 8.05. The molecule has 0 aliphatic rings. The van der Waals surface area contributed by atoms with Crippen LogP contribution in [0, 0.1) is 15.9 Å². The zero-order valence-electron chi connectivity index (χ0n) is 12.9. The molecule has 3 rings (SSSR count). The van der Waals surface area contributed by atoms with Crippen LogP contribution in [0.1, 0.15) is 10.4 Å². The Labute approximate surface area is 145 Å². The van der Waals surface area contributed by atoms with E-state index in [2.05, 4.69) is 11.6 Å². The maximum absolute atomic E-state index is 14.1. The number of nitro benzene ring substituents is 1. The molecule has 0 bridgehead atoms. The number of para-hydroxylation sites is 1. The summed E-state index contributed by atoms with van der Waals surface area (Å²) < 4.78 is 16.4. The molecular formula is C17H12FN3O3S. The second-order valence-corrected chi connectivity index (χ2v) is 6.10. The molecule has 0 atom stereocenters. The summed E-state index contributed by atoms with van der Waals surface area (Å²) in [5, 5.41) is 10.7. The summed E-state index contributed by atoms with van der Waals surface area (Å²) >= 11 is 1.19. The molecule has 25 heavy (non-hydrogen) atoms. The highest BCUT2D eigenvalue weighted by molar-refractivity contribution is 7.16. The number of allylic oxidation sites excluding steroid dienone is 1. The molecule has 126 valence electrons. The van der Waals surface area contributed by atoms with Gasteiger partial charge in [-0.3, -0.25) is 14.9 Å². The topological polar surface area (TPSA) is 77.5 Å². The van der Waals surface area contributed by atoms with Crippen molar-refractivity contribution >= 4 is 33.1 Å². The number of aromatic nitrogens is 1. The Kier molecular flexibility index (Phi) is 4.53. The van der Waals surface area contributed by atoms with Crippen molar-refractivity contribution < 1.29 is 14.1 Å². The van der Waals surface area contributed by atoms with Crippen LogP contribution in [0.4, 0.5) is 10.1 Å². The van der Waals surface area contributed by atoms with Crippen molar-refractivity contribution in [3.8, 4) is 0 Å². The van der Waals surface area contributed by atoms with Crippen LogP contribution in [0.15, 0.2) is 60.1 Å². The van der Waals surface area contributed by atoms with Crippen LogP contribution in [0.5, 0.6) is 0 Å². The van der Waals surface area contributed by atoms with Crippen LogP contribution >= 0.6 is 11.3 Å². The molecular weight excluding hydrogens is 345 g/mol. The quantitative estimate of drug-likeness (QED) is 0.406. The van der Waals surface area contributed by atoms with Crippen molar-refractivity contribution in [2.45, 2.75) is 6.54 Å². The van der Waals surface area contributed by atoms with E-state index in [0.717, 1.165) is 0 Å². The second kappa shape index (κ2) is 6.78. The molecule has 3 aromatic rings. The number of nitrogens with zero attached hydrogens (tertiary/aromatic N) is 3. The number of fused-ring (bicyclic) bond motifs is 1. The van der Waals surface area contributed by atoms with Gasteiger partial charge in [-0.1, -0.05) is 23.5 Å². The molecule has 6 nitrogen and oxygen atoms in total. The highest BCUT2D eigenvalue weighted by atomic mass is 32.1. The zero-order chi connectivity index (χ0) is 18.0. The lowest BCUT2D eigenvalue weighted by molar-refractivity contribution is -0.384. The lowest BCUT2D eigenvalue weighted by Crippen LogP contribution is -2.16. The summed E-state index contributed by atoms with van der Waals surface area (Å²) in [5.74, 6) is -0.959. The fraction of sp³-hybridized carbons (Fsp3) is 0.0588. The number of rotatable bonds is 4. The van der Waals surface area contributed by atoms with Crippen molar-refractivity contribution in [3.63, 3.8) is 0 Å². The minimum Gasteiger partial charge on any atom is -0.310 e. The van der Waals surface area contributed by atoms with Gasteiger partial charge in [0.2, 0.25) is 0 Å². The molecule has 0 N–H and O–H groups in total. The van der Waals surface area contributed by atoms with Crippen LogP contribution in [0.3, 0.4) is 0 Å². The SMILES string of the molecule is C=CCn1c(=NC(=O)c2ccc([N+](=O)[O-])cc2)sc2cccc(F)c21. The standard InChI is InChI=1S/C17H12FN3O3S/c1-2-10-20-15-13(18)4-3-5-14(15)25-17(20)19-16(22)11-6-8-12(9-7-11)21(23)24/h2-9H,1,10H2. The number of hydrogen-bond acceptors (Lipinski definition) is 4. The van der Waals surface area contributed by atoms with E-state index >= 15 is 0 Å². The lowest BCUT2D eigenvalue weighted by Gasteiger charge is -2.01. The number of amides is 1. The Hall–Kier alpha value is -3.13. The highest BCUT2D eigenvalue weighted by Gasteiger charge is 2.12. The van der Waals surface area contributed by atoms with Crippen LogP contribution in [-0.2, 0) is 6.54 Å². The van der Waals surface area contributed by atoms with Crippen LogP contribution < -0.4 is 4.80 Å². The Morgan fingerprint density at radius 2 is 2.04 bits per heavy atom. The summed E-state index contributed by atoms with van der Waals surface area (Å²) in [7, 11) is 0. The molecule has 0 aliphatic carbocycles. The molecule has 0 radical (unpaired) electrons. The fourth-order valence-electron chi connectivity index (χ4n) is 2.35. The van der Waals surface area contributed by atoms with E-state index in [1.54, 1.807) is 22.8 Å². The Morgan fingerprint density at radius 1 is 1.32 bits per heavy atom. The summed E-state index contributed by atoms with van der Waals surface area (Å²) in [5.41, 5.74) is 0.471. The second-order valence-electron chi connectivity index (χ2n) is 5.09. The average molecular weight is 357 g/mol. The first-order chi connectivity index (χ1) is 12.0. The van der Waals surface area contributed by atoms with Crippen molar-refractivity contribution in [1.82, 2.24) is 4.57 Å². The van der Waals surface area contributed by atoms with Gasteiger partial charge in [-0.2, -0.15) is 4.99 Å². The van der Waals surface area contributed by atoms with Crippen LogP contribution in [0.2, 0.25) is 0 Å². The maximum atomic E-state index is 14.1. The number of nitro groups is 1. The van der Waals surface area contributed by atoms with E-state index in [4.69, 9.17) is 0 Å². The van der Waals surface area contributed by atoms with Crippen molar-refractivity contribution in [2.75, 3.05) is 0 Å².